The average molecular weight is 250 g/mol. The fourth-order valence-electron chi connectivity index (χ4n) is 1.17. The number of carboxylic acids is 1. The third kappa shape index (κ3) is 3.82. The van der Waals surface area contributed by atoms with E-state index >= 15 is 0 Å². The monoisotopic (exact) mass is 250 g/mol. The second-order valence-corrected chi connectivity index (χ2v) is 3.80. The number of benzene rings is 1. The summed E-state index contributed by atoms with van der Waals surface area (Å²) in [5, 5.41) is 23.2. The van der Waals surface area contributed by atoms with Gasteiger partial charge >= 0.3 is 12.0 Å². The van der Waals surface area contributed by atoms with Crippen LogP contribution in [0.1, 0.15) is 17.3 Å². The molecular weight excluding hydrogens is 236 g/mol. The molecule has 1 aromatic carbocycles. The summed E-state index contributed by atoms with van der Waals surface area (Å²) in [5.41, 5.74) is 0.871. The number of phenolic OH excluding ortho intramolecular Hbond substituents is 1. The molecule has 0 aliphatic heterocycles. The summed E-state index contributed by atoms with van der Waals surface area (Å²) in [7, 11) is 0. The Hall–Kier alpha value is -2.50. The predicted octanol–water partition coefficient (Wildman–Crippen LogP) is 1.79. The Morgan fingerprint density at radius 1 is 1.39 bits per heavy atom. The van der Waals surface area contributed by atoms with Crippen LogP contribution in [0, 0.1) is 0 Å². The van der Waals surface area contributed by atoms with Crippen molar-refractivity contribution in [3.8, 4) is 5.75 Å². The van der Waals surface area contributed by atoms with Crippen molar-refractivity contribution in [3.63, 3.8) is 0 Å². The number of hydrogen-bond acceptors (Lipinski definition) is 3. The maximum absolute atomic E-state index is 11.4. The molecule has 0 spiro atoms. The van der Waals surface area contributed by atoms with E-state index in [0.717, 1.165) is 11.6 Å². The number of nitrogens with one attached hydrogen (secondary N) is 2. The van der Waals surface area contributed by atoms with E-state index in [0.29, 0.717) is 6.54 Å². The fourth-order valence-corrected chi connectivity index (χ4v) is 1.17. The number of carboxylic acid groups (broad SMARTS) is 1. The highest BCUT2D eigenvalue weighted by molar-refractivity contribution is 5.93. The van der Waals surface area contributed by atoms with Gasteiger partial charge in [-0.05, 0) is 25.1 Å². The van der Waals surface area contributed by atoms with Gasteiger partial charge in [0.2, 0.25) is 0 Å². The van der Waals surface area contributed by atoms with Crippen LogP contribution in [-0.2, 0) is 0 Å². The van der Waals surface area contributed by atoms with E-state index in [-0.39, 0.29) is 17.0 Å². The molecule has 0 aromatic heterocycles. The summed E-state index contributed by atoms with van der Waals surface area (Å²) >= 11 is 0. The van der Waals surface area contributed by atoms with Crippen LogP contribution >= 0.6 is 0 Å². The maximum Gasteiger partial charge on any atom is 0.335 e. The summed E-state index contributed by atoms with van der Waals surface area (Å²) in [5.74, 6) is -1.45. The van der Waals surface area contributed by atoms with E-state index in [1.807, 2.05) is 0 Å². The van der Waals surface area contributed by atoms with Crippen LogP contribution in [0.2, 0.25) is 0 Å². The molecule has 1 aromatic rings. The Morgan fingerprint density at radius 2 is 2.06 bits per heavy atom. The molecule has 0 saturated carbocycles. The molecule has 0 heterocycles. The summed E-state index contributed by atoms with van der Waals surface area (Å²) < 4.78 is 0. The molecule has 96 valence electrons. The summed E-state index contributed by atoms with van der Waals surface area (Å²) in [6.45, 7) is 5.71. The van der Waals surface area contributed by atoms with Crippen molar-refractivity contribution in [3.05, 3.63) is 35.9 Å². The van der Waals surface area contributed by atoms with E-state index in [4.69, 9.17) is 5.11 Å². The summed E-state index contributed by atoms with van der Waals surface area (Å²) in [6.07, 6.45) is 0. The van der Waals surface area contributed by atoms with Gasteiger partial charge in [0, 0.05) is 6.54 Å². The van der Waals surface area contributed by atoms with Crippen LogP contribution in [0.4, 0.5) is 10.5 Å². The number of hydrogen-bond donors (Lipinski definition) is 4. The van der Waals surface area contributed by atoms with Crippen molar-refractivity contribution in [2.75, 3.05) is 11.9 Å². The third-order valence-electron chi connectivity index (χ3n) is 2.04. The first kappa shape index (κ1) is 13.6. The Balaban J connectivity index is 2.70. The van der Waals surface area contributed by atoms with Gasteiger partial charge in [0.05, 0.1) is 11.3 Å². The summed E-state index contributed by atoms with van der Waals surface area (Å²) in [4.78, 5) is 22.0. The standard InChI is InChI=1S/C12H14N2O4/c1-7(2)6-13-12(18)14-9-4-3-8(11(16)17)5-10(9)15/h3-5,15H,1,6H2,2H3,(H,16,17)(H2,13,14,18). The molecule has 6 heteroatoms. The van der Waals surface area contributed by atoms with Crippen molar-refractivity contribution >= 4 is 17.7 Å². The number of anilines is 1. The van der Waals surface area contributed by atoms with Gasteiger partial charge in [0.15, 0.2) is 0 Å². The molecule has 2 amide bonds. The topological polar surface area (TPSA) is 98.7 Å². The van der Waals surface area contributed by atoms with Gasteiger partial charge in [0.1, 0.15) is 5.75 Å². The number of carbonyl (C=O) groups is 2. The number of phenols is 1. The Bertz CT molecular complexity index is 497. The molecule has 4 N–H and O–H groups in total. The first-order valence-electron chi connectivity index (χ1n) is 5.15. The molecule has 0 unspecified atom stereocenters. The Morgan fingerprint density at radius 3 is 2.56 bits per heavy atom. The van der Waals surface area contributed by atoms with Crippen LogP contribution in [0.25, 0.3) is 0 Å². The lowest BCUT2D eigenvalue weighted by Crippen LogP contribution is -2.29. The van der Waals surface area contributed by atoms with Gasteiger partial charge in [-0.1, -0.05) is 12.2 Å². The van der Waals surface area contributed by atoms with E-state index < -0.39 is 12.0 Å². The molecule has 0 radical (unpaired) electrons. The molecule has 0 aliphatic carbocycles. The van der Waals surface area contributed by atoms with Crippen LogP contribution in [0.3, 0.4) is 0 Å². The number of aromatic hydroxyl groups is 1. The van der Waals surface area contributed by atoms with E-state index in [9.17, 15) is 14.7 Å². The highest BCUT2D eigenvalue weighted by Gasteiger charge is 2.09. The molecular formula is C12H14N2O4. The molecule has 0 bridgehead atoms. The second kappa shape index (κ2) is 5.72. The quantitative estimate of drug-likeness (QED) is 0.483. The number of urea groups is 1. The third-order valence-corrected chi connectivity index (χ3v) is 2.04. The predicted molar refractivity (Wildman–Crippen MR) is 66.9 cm³/mol. The second-order valence-electron chi connectivity index (χ2n) is 3.80. The lowest BCUT2D eigenvalue weighted by atomic mass is 10.2. The van der Waals surface area contributed by atoms with Crippen molar-refractivity contribution in [2.45, 2.75) is 6.92 Å². The maximum atomic E-state index is 11.4. The van der Waals surface area contributed by atoms with Gasteiger partial charge in [0.25, 0.3) is 0 Å². The van der Waals surface area contributed by atoms with E-state index in [1.54, 1.807) is 6.92 Å². The molecule has 0 aliphatic rings. The number of carbonyl (C=O) groups excluding carboxylic acids is 1. The van der Waals surface area contributed by atoms with Crippen LogP contribution in [0.5, 0.6) is 5.75 Å². The van der Waals surface area contributed by atoms with Gasteiger partial charge in [-0.15, -0.1) is 0 Å². The van der Waals surface area contributed by atoms with Crippen LogP contribution < -0.4 is 10.6 Å². The van der Waals surface area contributed by atoms with Gasteiger partial charge in [-0.25, -0.2) is 9.59 Å². The molecule has 0 fully saturated rings. The van der Waals surface area contributed by atoms with Crippen LogP contribution in [0.15, 0.2) is 30.4 Å². The van der Waals surface area contributed by atoms with Crippen LogP contribution in [-0.4, -0.2) is 28.8 Å². The first-order valence-corrected chi connectivity index (χ1v) is 5.15. The number of rotatable bonds is 4. The highest BCUT2D eigenvalue weighted by atomic mass is 16.4. The zero-order valence-corrected chi connectivity index (χ0v) is 9.86. The smallest absolute Gasteiger partial charge is 0.335 e. The molecule has 0 atom stereocenters. The van der Waals surface area contributed by atoms with Gasteiger partial charge in [-0.2, -0.15) is 0 Å². The number of amides is 2. The zero-order valence-electron chi connectivity index (χ0n) is 9.86. The fraction of sp³-hybridized carbons (Fsp3) is 0.167. The molecule has 0 saturated heterocycles. The normalized spacial score (nSPS) is 9.61. The first-order chi connectivity index (χ1) is 8.40. The van der Waals surface area contributed by atoms with E-state index in [2.05, 4.69) is 17.2 Å². The average Bonchev–Trinajstić information content (AvgIpc) is 2.29. The Kier molecular flexibility index (Phi) is 4.31. The summed E-state index contributed by atoms with van der Waals surface area (Å²) in [6, 6.07) is 3.17. The van der Waals surface area contributed by atoms with Gasteiger partial charge < -0.3 is 20.8 Å². The van der Waals surface area contributed by atoms with Crippen molar-refractivity contribution < 1.29 is 19.8 Å². The lowest BCUT2D eigenvalue weighted by molar-refractivity contribution is 0.0696. The molecule has 18 heavy (non-hydrogen) atoms. The minimum Gasteiger partial charge on any atom is -0.506 e. The van der Waals surface area contributed by atoms with Crippen molar-refractivity contribution in [2.24, 2.45) is 0 Å². The van der Waals surface area contributed by atoms with Crippen molar-refractivity contribution in [1.29, 1.82) is 0 Å². The SMILES string of the molecule is C=C(C)CNC(=O)Nc1ccc(C(=O)O)cc1O. The Labute approximate surface area is 104 Å². The van der Waals surface area contributed by atoms with E-state index in [1.165, 1.54) is 12.1 Å². The minimum atomic E-state index is -1.15. The number of aromatic carboxylic acids is 1. The minimum absolute atomic E-state index is 0.0552. The largest absolute Gasteiger partial charge is 0.506 e. The molecule has 1 rings (SSSR count). The van der Waals surface area contributed by atoms with Gasteiger partial charge in [-0.3, -0.25) is 0 Å². The lowest BCUT2D eigenvalue weighted by Gasteiger charge is -2.09. The molecule has 6 nitrogen and oxygen atoms in total. The highest BCUT2D eigenvalue weighted by Crippen LogP contribution is 2.24. The zero-order chi connectivity index (χ0) is 13.7. The van der Waals surface area contributed by atoms with Crippen molar-refractivity contribution in [1.82, 2.24) is 5.32 Å².